The van der Waals surface area contributed by atoms with Crippen molar-refractivity contribution in [2.45, 2.75) is 25.3 Å². The quantitative estimate of drug-likeness (QED) is 0.825. The predicted molar refractivity (Wildman–Crippen MR) is 99.0 cm³/mol. The molecule has 5 nitrogen and oxygen atoms in total. The Labute approximate surface area is 154 Å². The average molecular weight is 358 g/mol. The van der Waals surface area contributed by atoms with Crippen molar-refractivity contribution in [2.24, 2.45) is 13.0 Å². The van der Waals surface area contributed by atoms with Crippen molar-refractivity contribution in [2.75, 3.05) is 27.2 Å². The van der Waals surface area contributed by atoms with Crippen LogP contribution in [0, 0.1) is 11.7 Å². The molecule has 1 aliphatic heterocycles. The molecule has 3 rings (SSSR count). The number of carbonyl (C=O) groups excluding carboxylic acids is 1. The number of aromatic nitrogens is 2. The summed E-state index contributed by atoms with van der Waals surface area (Å²) in [6, 6.07) is 6.52. The van der Waals surface area contributed by atoms with E-state index in [4.69, 9.17) is 0 Å². The van der Waals surface area contributed by atoms with E-state index in [1.807, 2.05) is 26.6 Å². The van der Waals surface area contributed by atoms with Gasteiger partial charge in [0.15, 0.2) is 0 Å². The molecule has 140 valence electrons. The topological polar surface area (TPSA) is 41.4 Å². The van der Waals surface area contributed by atoms with Gasteiger partial charge in [0, 0.05) is 26.8 Å². The van der Waals surface area contributed by atoms with Crippen LogP contribution in [0.15, 0.2) is 36.8 Å². The highest BCUT2D eigenvalue weighted by molar-refractivity contribution is 5.78. The molecule has 1 saturated heterocycles. The molecule has 2 aromatic rings. The number of likely N-dealkylation sites (N-methyl/N-ethyl adjacent to an activating group) is 1. The third-order valence-corrected chi connectivity index (χ3v) is 5.34. The van der Waals surface area contributed by atoms with Gasteiger partial charge in [-0.05, 0) is 50.0 Å². The highest BCUT2D eigenvalue weighted by Gasteiger charge is 2.33. The molecule has 1 aromatic heterocycles. The van der Waals surface area contributed by atoms with E-state index in [0.29, 0.717) is 18.0 Å². The summed E-state index contributed by atoms with van der Waals surface area (Å²) in [5.41, 5.74) is 1.90. The number of piperidine rings is 1. The second kappa shape index (κ2) is 7.99. The molecular weight excluding hydrogens is 331 g/mol. The molecule has 2 atom stereocenters. The van der Waals surface area contributed by atoms with Crippen molar-refractivity contribution in [3.63, 3.8) is 0 Å². The first-order chi connectivity index (χ1) is 12.5. The van der Waals surface area contributed by atoms with Gasteiger partial charge in [-0.1, -0.05) is 12.1 Å². The van der Waals surface area contributed by atoms with E-state index in [1.165, 1.54) is 17.8 Å². The zero-order valence-electron chi connectivity index (χ0n) is 15.7. The second-order valence-corrected chi connectivity index (χ2v) is 7.34. The second-order valence-electron chi connectivity index (χ2n) is 7.34. The lowest BCUT2D eigenvalue weighted by molar-refractivity contribution is -0.130. The highest BCUT2D eigenvalue weighted by Crippen LogP contribution is 2.35. The maximum absolute atomic E-state index is 13.3. The molecule has 26 heavy (non-hydrogen) atoms. The summed E-state index contributed by atoms with van der Waals surface area (Å²) in [6.45, 7) is 1.74. The van der Waals surface area contributed by atoms with Gasteiger partial charge in [0.05, 0.1) is 24.5 Å². The first-order valence-electron chi connectivity index (χ1n) is 9.10. The SMILES string of the molecule is CN(C[C@@H]1CCCN(C)[C@H]1c1cncn1C)C(=O)Cc1cccc(F)c1. The number of hydrogen-bond acceptors (Lipinski definition) is 3. The van der Waals surface area contributed by atoms with Crippen molar-refractivity contribution in [1.82, 2.24) is 19.4 Å². The number of aryl methyl sites for hydroxylation is 1. The normalized spacial score (nSPS) is 20.9. The summed E-state index contributed by atoms with van der Waals surface area (Å²) in [5, 5.41) is 0. The molecule has 0 bridgehead atoms. The molecule has 2 heterocycles. The van der Waals surface area contributed by atoms with E-state index < -0.39 is 0 Å². The van der Waals surface area contributed by atoms with Crippen LogP contribution in [0.2, 0.25) is 0 Å². The van der Waals surface area contributed by atoms with Crippen LogP contribution in [0.3, 0.4) is 0 Å². The Balaban J connectivity index is 1.69. The number of likely N-dealkylation sites (tertiary alicyclic amines) is 1. The third kappa shape index (κ3) is 4.12. The van der Waals surface area contributed by atoms with Crippen LogP contribution in [0.1, 0.15) is 30.1 Å². The minimum atomic E-state index is -0.303. The summed E-state index contributed by atoms with van der Waals surface area (Å²) in [5.74, 6) is 0.0707. The fourth-order valence-corrected chi connectivity index (χ4v) is 3.98. The molecule has 0 N–H and O–H groups in total. The van der Waals surface area contributed by atoms with Gasteiger partial charge in [-0.25, -0.2) is 9.37 Å². The lowest BCUT2D eigenvalue weighted by Gasteiger charge is -2.40. The number of rotatable bonds is 5. The molecule has 1 aromatic carbocycles. The van der Waals surface area contributed by atoms with Crippen LogP contribution >= 0.6 is 0 Å². The first-order valence-corrected chi connectivity index (χ1v) is 9.10. The first kappa shape index (κ1) is 18.6. The van der Waals surface area contributed by atoms with Crippen LogP contribution in [-0.4, -0.2) is 52.4 Å². The molecule has 0 spiro atoms. The smallest absolute Gasteiger partial charge is 0.226 e. The monoisotopic (exact) mass is 358 g/mol. The van der Waals surface area contributed by atoms with Crippen LogP contribution < -0.4 is 0 Å². The zero-order chi connectivity index (χ0) is 18.7. The van der Waals surface area contributed by atoms with Crippen molar-refractivity contribution >= 4 is 5.91 Å². The van der Waals surface area contributed by atoms with Crippen molar-refractivity contribution < 1.29 is 9.18 Å². The number of halogens is 1. The Bertz CT molecular complexity index is 760. The lowest BCUT2D eigenvalue weighted by Crippen LogP contribution is -2.43. The Morgan fingerprint density at radius 3 is 2.88 bits per heavy atom. The average Bonchev–Trinajstić information content (AvgIpc) is 3.00. The van der Waals surface area contributed by atoms with Gasteiger partial charge < -0.3 is 9.47 Å². The standard InChI is InChI=1S/C20H27FN4O/c1-23-9-5-7-16(20(23)18-12-22-14-25(18)3)13-24(2)19(26)11-15-6-4-8-17(21)10-15/h4,6,8,10,12,14,16,20H,5,7,9,11,13H2,1-3H3/t16-,20+/m0/s1. The minimum absolute atomic E-state index is 0.0209. The van der Waals surface area contributed by atoms with E-state index in [2.05, 4.69) is 21.5 Å². The van der Waals surface area contributed by atoms with E-state index in [1.54, 1.807) is 17.0 Å². The Hall–Kier alpha value is -2.21. The maximum Gasteiger partial charge on any atom is 0.226 e. The summed E-state index contributed by atoms with van der Waals surface area (Å²) < 4.78 is 15.4. The molecule has 0 radical (unpaired) electrons. The van der Waals surface area contributed by atoms with Gasteiger partial charge in [-0.15, -0.1) is 0 Å². The summed E-state index contributed by atoms with van der Waals surface area (Å²) in [4.78, 5) is 21.0. The van der Waals surface area contributed by atoms with Crippen LogP contribution in [0.25, 0.3) is 0 Å². The molecule has 0 saturated carbocycles. The van der Waals surface area contributed by atoms with Gasteiger partial charge in [0.25, 0.3) is 0 Å². The zero-order valence-corrected chi connectivity index (χ0v) is 15.7. The summed E-state index contributed by atoms with van der Waals surface area (Å²) in [7, 11) is 6.00. The molecule has 1 amide bonds. The molecular formula is C20H27FN4O. The molecule has 1 fully saturated rings. The van der Waals surface area contributed by atoms with Crippen molar-refractivity contribution in [3.8, 4) is 0 Å². The highest BCUT2D eigenvalue weighted by atomic mass is 19.1. The van der Waals surface area contributed by atoms with Gasteiger partial charge in [0.2, 0.25) is 5.91 Å². The predicted octanol–water partition coefficient (Wildman–Crippen LogP) is 2.64. The van der Waals surface area contributed by atoms with Gasteiger partial charge in [0.1, 0.15) is 5.82 Å². The van der Waals surface area contributed by atoms with Crippen LogP contribution in [0.4, 0.5) is 4.39 Å². The Morgan fingerprint density at radius 2 is 2.19 bits per heavy atom. The van der Waals surface area contributed by atoms with Crippen molar-refractivity contribution in [3.05, 3.63) is 53.9 Å². The summed E-state index contributed by atoms with van der Waals surface area (Å²) >= 11 is 0. The van der Waals surface area contributed by atoms with Gasteiger partial charge in [-0.3, -0.25) is 9.69 Å². The number of nitrogens with zero attached hydrogens (tertiary/aromatic N) is 4. The fourth-order valence-electron chi connectivity index (χ4n) is 3.98. The van der Waals surface area contributed by atoms with Gasteiger partial charge in [-0.2, -0.15) is 0 Å². The van der Waals surface area contributed by atoms with E-state index in [9.17, 15) is 9.18 Å². The Morgan fingerprint density at radius 1 is 1.38 bits per heavy atom. The lowest BCUT2D eigenvalue weighted by atomic mass is 9.87. The van der Waals surface area contributed by atoms with Gasteiger partial charge >= 0.3 is 0 Å². The molecule has 0 aliphatic carbocycles. The number of imidazole rings is 1. The van der Waals surface area contributed by atoms with Crippen LogP contribution in [0.5, 0.6) is 0 Å². The number of carbonyl (C=O) groups is 1. The van der Waals surface area contributed by atoms with E-state index in [0.717, 1.165) is 19.4 Å². The molecule has 1 aliphatic rings. The van der Waals surface area contributed by atoms with E-state index in [-0.39, 0.29) is 24.2 Å². The van der Waals surface area contributed by atoms with E-state index >= 15 is 0 Å². The maximum atomic E-state index is 13.3. The molecule has 6 heteroatoms. The third-order valence-electron chi connectivity index (χ3n) is 5.34. The van der Waals surface area contributed by atoms with Crippen molar-refractivity contribution in [1.29, 1.82) is 0 Å². The molecule has 0 unspecified atom stereocenters. The number of benzene rings is 1. The van der Waals surface area contributed by atoms with Crippen LogP contribution in [-0.2, 0) is 18.3 Å². The summed E-state index contributed by atoms with van der Waals surface area (Å²) in [6.07, 6.45) is 6.19. The fraction of sp³-hybridized carbons (Fsp3) is 0.500. The largest absolute Gasteiger partial charge is 0.345 e. The minimum Gasteiger partial charge on any atom is -0.345 e. The number of amides is 1. The Kier molecular flexibility index (Phi) is 5.71. The number of hydrogen-bond donors (Lipinski definition) is 0.